The second kappa shape index (κ2) is 8.68. The minimum atomic E-state index is -1.47. The molecule has 0 aliphatic carbocycles. The van der Waals surface area contributed by atoms with E-state index in [0.717, 1.165) is 11.1 Å². The predicted molar refractivity (Wildman–Crippen MR) is 90.7 cm³/mol. The highest BCUT2D eigenvalue weighted by Gasteiger charge is 2.30. The van der Waals surface area contributed by atoms with Crippen LogP contribution in [-0.2, 0) is 20.7 Å². The number of aliphatic hydroxyl groups is 1. The number of benzene rings is 1. The third-order valence-corrected chi connectivity index (χ3v) is 3.19. The van der Waals surface area contributed by atoms with Gasteiger partial charge in [-0.3, -0.25) is 0 Å². The summed E-state index contributed by atoms with van der Waals surface area (Å²) in [6.45, 7) is 8.99. The second-order valence-corrected chi connectivity index (χ2v) is 6.64. The van der Waals surface area contributed by atoms with Gasteiger partial charge in [0.2, 0.25) is 0 Å². The van der Waals surface area contributed by atoms with Crippen molar-refractivity contribution in [2.75, 3.05) is 6.61 Å². The normalized spacial score (nSPS) is 13.8. The summed E-state index contributed by atoms with van der Waals surface area (Å²) >= 11 is 0. The van der Waals surface area contributed by atoms with Crippen molar-refractivity contribution >= 4 is 12.1 Å². The zero-order valence-corrected chi connectivity index (χ0v) is 15.0. The maximum absolute atomic E-state index is 12.0. The molecule has 0 saturated heterocycles. The number of esters is 1. The van der Waals surface area contributed by atoms with Crippen LogP contribution in [0.2, 0.25) is 0 Å². The number of aryl methyl sites for hydroxylation is 1. The van der Waals surface area contributed by atoms with Crippen LogP contribution in [0.25, 0.3) is 0 Å². The molecule has 0 unspecified atom stereocenters. The first-order valence-electron chi connectivity index (χ1n) is 8.02. The molecule has 2 atom stereocenters. The standard InChI is InChI=1S/C18H27NO5/c1-6-23-16(21)15(20)14(19-17(22)24-18(3,4)5)11-13-9-7-12(2)8-10-13/h7-10,14-15,20H,6,11H2,1-5H3,(H,19,22)/t14-,15+/m1/s1. The Morgan fingerprint density at radius 2 is 1.79 bits per heavy atom. The molecule has 24 heavy (non-hydrogen) atoms. The maximum Gasteiger partial charge on any atom is 0.407 e. The van der Waals surface area contributed by atoms with Crippen molar-refractivity contribution in [3.8, 4) is 0 Å². The fourth-order valence-corrected chi connectivity index (χ4v) is 2.07. The Labute approximate surface area is 143 Å². The molecule has 0 heterocycles. The van der Waals surface area contributed by atoms with Gasteiger partial charge in [-0.25, -0.2) is 9.59 Å². The fraction of sp³-hybridized carbons (Fsp3) is 0.556. The summed E-state index contributed by atoms with van der Waals surface area (Å²) in [5, 5.41) is 12.8. The molecule has 2 N–H and O–H groups in total. The molecule has 0 saturated carbocycles. The lowest BCUT2D eigenvalue weighted by atomic mass is 10.0. The molecule has 0 bridgehead atoms. The molecule has 1 aromatic carbocycles. The summed E-state index contributed by atoms with van der Waals surface area (Å²) in [5.74, 6) is -0.773. The molecular formula is C18H27NO5. The number of carbonyl (C=O) groups is 2. The van der Waals surface area contributed by atoms with E-state index >= 15 is 0 Å². The molecule has 6 nitrogen and oxygen atoms in total. The number of ether oxygens (including phenoxy) is 2. The summed E-state index contributed by atoms with van der Waals surface area (Å²) in [5.41, 5.74) is 1.30. The molecular weight excluding hydrogens is 310 g/mol. The van der Waals surface area contributed by atoms with Gasteiger partial charge in [0.15, 0.2) is 6.10 Å². The van der Waals surface area contributed by atoms with Crippen molar-refractivity contribution in [2.45, 2.75) is 58.8 Å². The number of alkyl carbamates (subject to hydrolysis) is 1. The third-order valence-electron chi connectivity index (χ3n) is 3.19. The summed E-state index contributed by atoms with van der Waals surface area (Å²) in [6.07, 6.45) is -1.89. The highest BCUT2D eigenvalue weighted by Crippen LogP contribution is 2.12. The number of aliphatic hydroxyl groups excluding tert-OH is 1. The number of hydrogen-bond acceptors (Lipinski definition) is 5. The first-order chi connectivity index (χ1) is 11.1. The monoisotopic (exact) mass is 337 g/mol. The molecule has 1 rings (SSSR count). The van der Waals surface area contributed by atoms with Gasteiger partial charge in [-0.05, 0) is 46.6 Å². The van der Waals surface area contributed by atoms with Gasteiger partial charge in [0.25, 0.3) is 0 Å². The van der Waals surface area contributed by atoms with E-state index < -0.39 is 29.8 Å². The van der Waals surface area contributed by atoms with Crippen LogP contribution in [0.3, 0.4) is 0 Å². The van der Waals surface area contributed by atoms with E-state index in [4.69, 9.17) is 9.47 Å². The number of amides is 1. The SMILES string of the molecule is CCOC(=O)[C@@H](O)[C@@H](Cc1ccc(C)cc1)NC(=O)OC(C)(C)C. The predicted octanol–water partition coefficient (Wildman–Crippen LogP) is 2.35. The van der Waals surface area contributed by atoms with Gasteiger partial charge >= 0.3 is 12.1 Å². The van der Waals surface area contributed by atoms with E-state index in [9.17, 15) is 14.7 Å². The van der Waals surface area contributed by atoms with Crippen LogP contribution < -0.4 is 5.32 Å². The number of carbonyl (C=O) groups excluding carboxylic acids is 2. The zero-order valence-electron chi connectivity index (χ0n) is 15.0. The Kier molecular flexibility index (Phi) is 7.22. The average molecular weight is 337 g/mol. The minimum absolute atomic E-state index is 0.152. The topological polar surface area (TPSA) is 84.9 Å². The van der Waals surface area contributed by atoms with Crippen molar-refractivity contribution in [1.29, 1.82) is 0 Å². The number of hydrogen-bond donors (Lipinski definition) is 2. The van der Waals surface area contributed by atoms with Gasteiger partial charge in [-0.15, -0.1) is 0 Å². The second-order valence-electron chi connectivity index (χ2n) is 6.64. The molecule has 0 aromatic heterocycles. The maximum atomic E-state index is 12.0. The highest BCUT2D eigenvalue weighted by atomic mass is 16.6. The lowest BCUT2D eigenvalue weighted by Gasteiger charge is -2.26. The molecule has 0 aliphatic heterocycles. The molecule has 0 spiro atoms. The van der Waals surface area contributed by atoms with Crippen molar-refractivity contribution in [1.82, 2.24) is 5.32 Å². The number of rotatable bonds is 6. The smallest absolute Gasteiger partial charge is 0.407 e. The summed E-state index contributed by atoms with van der Waals surface area (Å²) in [7, 11) is 0. The fourth-order valence-electron chi connectivity index (χ4n) is 2.07. The molecule has 6 heteroatoms. The van der Waals surface area contributed by atoms with Gasteiger partial charge in [0.05, 0.1) is 12.6 Å². The van der Waals surface area contributed by atoms with E-state index in [0.29, 0.717) is 0 Å². The minimum Gasteiger partial charge on any atom is -0.464 e. The molecule has 0 radical (unpaired) electrons. The molecule has 1 amide bonds. The Morgan fingerprint density at radius 1 is 1.21 bits per heavy atom. The Morgan fingerprint density at radius 3 is 2.29 bits per heavy atom. The van der Waals surface area contributed by atoms with E-state index in [2.05, 4.69) is 5.32 Å². The Bertz CT molecular complexity index is 548. The first-order valence-corrected chi connectivity index (χ1v) is 8.02. The Balaban J connectivity index is 2.87. The average Bonchev–Trinajstić information content (AvgIpc) is 2.46. The van der Waals surface area contributed by atoms with Crippen LogP contribution in [-0.4, -0.2) is 41.5 Å². The van der Waals surface area contributed by atoms with Gasteiger partial charge in [-0.1, -0.05) is 29.8 Å². The third kappa shape index (κ3) is 7.00. The van der Waals surface area contributed by atoms with Crippen molar-refractivity contribution in [3.05, 3.63) is 35.4 Å². The highest BCUT2D eigenvalue weighted by molar-refractivity contribution is 5.77. The van der Waals surface area contributed by atoms with Gasteiger partial charge < -0.3 is 19.9 Å². The van der Waals surface area contributed by atoms with Crippen molar-refractivity contribution in [3.63, 3.8) is 0 Å². The van der Waals surface area contributed by atoms with E-state index in [1.54, 1.807) is 27.7 Å². The lowest BCUT2D eigenvalue weighted by molar-refractivity contribution is -0.154. The van der Waals surface area contributed by atoms with E-state index in [-0.39, 0.29) is 13.0 Å². The molecule has 0 fully saturated rings. The Hall–Kier alpha value is -2.08. The molecule has 0 aliphatic rings. The van der Waals surface area contributed by atoms with Gasteiger partial charge in [-0.2, -0.15) is 0 Å². The van der Waals surface area contributed by atoms with Crippen LogP contribution in [0, 0.1) is 6.92 Å². The lowest BCUT2D eigenvalue weighted by Crippen LogP contribution is -2.50. The first kappa shape index (κ1) is 20.0. The van der Waals surface area contributed by atoms with Crippen LogP contribution in [0.5, 0.6) is 0 Å². The van der Waals surface area contributed by atoms with Crippen LogP contribution in [0.15, 0.2) is 24.3 Å². The van der Waals surface area contributed by atoms with Crippen LogP contribution in [0.4, 0.5) is 4.79 Å². The van der Waals surface area contributed by atoms with E-state index in [1.165, 1.54) is 0 Å². The summed E-state index contributed by atoms with van der Waals surface area (Å²) in [6, 6.07) is 6.78. The quantitative estimate of drug-likeness (QED) is 0.779. The zero-order chi connectivity index (χ0) is 18.3. The van der Waals surface area contributed by atoms with Crippen LogP contribution in [0.1, 0.15) is 38.8 Å². The summed E-state index contributed by atoms with van der Waals surface area (Å²) in [4.78, 5) is 23.8. The number of nitrogens with one attached hydrogen (secondary N) is 1. The van der Waals surface area contributed by atoms with Gasteiger partial charge in [0, 0.05) is 0 Å². The van der Waals surface area contributed by atoms with E-state index in [1.807, 2.05) is 31.2 Å². The van der Waals surface area contributed by atoms with Crippen molar-refractivity contribution < 1.29 is 24.2 Å². The van der Waals surface area contributed by atoms with Gasteiger partial charge in [0.1, 0.15) is 5.60 Å². The molecule has 1 aromatic rings. The molecule has 134 valence electrons. The largest absolute Gasteiger partial charge is 0.464 e. The van der Waals surface area contributed by atoms with Crippen LogP contribution >= 0.6 is 0 Å². The summed E-state index contributed by atoms with van der Waals surface area (Å²) < 4.78 is 10.0. The van der Waals surface area contributed by atoms with Crippen molar-refractivity contribution in [2.24, 2.45) is 0 Å².